The Morgan fingerprint density at radius 2 is 1.46 bits per heavy atom. The van der Waals surface area contributed by atoms with Crippen molar-refractivity contribution >= 4 is 70.1 Å². The Balaban J connectivity index is 1.41. The summed E-state index contributed by atoms with van der Waals surface area (Å²) in [7, 11) is 1.58. The van der Waals surface area contributed by atoms with E-state index in [1.54, 1.807) is 104 Å². The molecule has 0 aliphatic heterocycles. The first-order chi connectivity index (χ1) is 19.8. The SMILES string of the molecule is COc1ccc(NC(=O)CSc2ccc(NC(=O)/C(=C/c3cccc(Cl)c3Cl)NC(=O)c3ccccc3)cc2)cc1. The zero-order chi connectivity index (χ0) is 29.2. The predicted molar refractivity (Wildman–Crippen MR) is 166 cm³/mol. The number of nitrogens with one attached hydrogen (secondary N) is 3. The van der Waals surface area contributed by atoms with Crippen LogP contribution in [-0.2, 0) is 9.59 Å². The first kappa shape index (κ1) is 29.7. The van der Waals surface area contributed by atoms with Crippen LogP contribution in [0.25, 0.3) is 6.08 Å². The highest BCUT2D eigenvalue weighted by Crippen LogP contribution is 2.27. The average Bonchev–Trinajstić information content (AvgIpc) is 2.99. The molecule has 0 aliphatic rings. The lowest BCUT2D eigenvalue weighted by atomic mass is 10.1. The molecule has 0 aromatic heterocycles. The van der Waals surface area contributed by atoms with Gasteiger partial charge in [0.2, 0.25) is 5.91 Å². The van der Waals surface area contributed by atoms with Crippen molar-refractivity contribution in [2.75, 3.05) is 23.5 Å². The third-order valence-electron chi connectivity index (χ3n) is 5.67. The number of hydrogen-bond donors (Lipinski definition) is 3. The zero-order valence-electron chi connectivity index (χ0n) is 21.8. The number of halogens is 2. The second-order valence-electron chi connectivity index (χ2n) is 8.57. The summed E-state index contributed by atoms with van der Waals surface area (Å²) in [4.78, 5) is 39.3. The van der Waals surface area contributed by atoms with Gasteiger partial charge in [0.15, 0.2) is 0 Å². The van der Waals surface area contributed by atoms with Gasteiger partial charge in [-0.1, -0.05) is 53.5 Å². The number of ether oxygens (including phenoxy) is 1. The first-order valence-corrected chi connectivity index (χ1v) is 14.1. The van der Waals surface area contributed by atoms with Gasteiger partial charge in [-0.25, -0.2) is 0 Å². The molecule has 0 fully saturated rings. The monoisotopic (exact) mass is 605 g/mol. The minimum absolute atomic E-state index is 0.0170. The Bertz CT molecular complexity index is 1560. The third kappa shape index (κ3) is 8.62. The normalized spacial score (nSPS) is 11.0. The van der Waals surface area contributed by atoms with E-state index >= 15 is 0 Å². The molecule has 41 heavy (non-hydrogen) atoms. The Kier molecular flexibility index (Phi) is 10.5. The van der Waals surface area contributed by atoms with E-state index < -0.39 is 11.8 Å². The van der Waals surface area contributed by atoms with Crippen LogP contribution in [0.2, 0.25) is 10.0 Å². The molecule has 3 amide bonds. The number of amides is 3. The van der Waals surface area contributed by atoms with Gasteiger partial charge in [0.1, 0.15) is 11.4 Å². The summed E-state index contributed by atoms with van der Waals surface area (Å²) in [6, 6.07) is 27.6. The molecule has 10 heteroatoms. The van der Waals surface area contributed by atoms with E-state index in [9.17, 15) is 14.4 Å². The van der Waals surface area contributed by atoms with Crippen LogP contribution in [0.5, 0.6) is 5.75 Å². The number of thioether (sulfide) groups is 1. The van der Waals surface area contributed by atoms with E-state index in [-0.39, 0.29) is 22.4 Å². The molecule has 0 saturated carbocycles. The summed E-state index contributed by atoms with van der Waals surface area (Å²) in [5.41, 5.74) is 2.02. The van der Waals surface area contributed by atoms with Gasteiger partial charge in [-0.05, 0) is 78.4 Å². The Morgan fingerprint density at radius 3 is 2.15 bits per heavy atom. The van der Waals surface area contributed by atoms with Crippen molar-refractivity contribution in [2.24, 2.45) is 0 Å². The standard InChI is InChI=1S/C31H25Cl2N3O4S/c1-40-24-14-10-22(11-15-24)34-28(37)19-41-25-16-12-23(13-17-25)35-31(39)27(18-21-8-5-9-26(32)29(21)33)36-30(38)20-6-3-2-4-7-20/h2-18H,19H2,1H3,(H,34,37)(H,35,39)(H,36,38)/b27-18-. The van der Waals surface area contributed by atoms with Crippen LogP contribution in [-0.4, -0.2) is 30.6 Å². The van der Waals surface area contributed by atoms with Gasteiger partial charge in [0.25, 0.3) is 11.8 Å². The molecular formula is C31H25Cl2N3O4S. The summed E-state index contributed by atoms with van der Waals surface area (Å²) in [5, 5.41) is 8.87. The molecular weight excluding hydrogens is 581 g/mol. The molecule has 0 bridgehead atoms. The number of rotatable bonds is 10. The Hall–Kier alpha value is -4.24. The average molecular weight is 607 g/mol. The van der Waals surface area contributed by atoms with Gasteiger partial charge in [-0.3, -0.25) is 14.4 Å². The second-order valence-corrected chi connectivity index (χ2v) is 10.4. The van der Waals surface area contributed by atoms with Crippen LogP contribution < -0.4 is 20.7 Å². The number of carbonyl (C=O) groups is 3. The third-order valence-corrected chi connectivity index (χ3v) is 7.51. The summed E-state index contributed by atoms with van der Waals surface area (Å²) in [6.45, 7) is 0. The smallest absolute Gasteiger partial charge is 0.272 e. The highest BCUT2D eigenvalue weighted by molar-refractivity contribution is 8.00. The number of hydrogen-bond acceptors (Lipinski definition) is 5. The van der Waals surface area contributed by atoms with Gasteiger partial charge in [-0.15, -0.1) is 11.8 Å². The fourth-order valence-electron chi connectivity index (χ4n) is 3.58. The van der Waals surface area contributed by atoms with Crippen LogP contribution in [0.4, 0.5) is 11.4 Å². The van der Waals surface area contributed by atoms with Crippen LogP contribution in [0.1, 0.15) is 15.9 Å². The fourth-order valence-corrected chi connectivity index (χ4v) is 4.64. The van der Waals surface area contributed by atoms with Crippen LogP contribution in [0.3, 0.4) is 0 Å². The number of carbonyl (C=O) groups excluding carboxylic acids is 3. The molecule has 208 valence electrons. The molecule has 4 rings (SSSR count). The molecule has 0 saturated heterocycles. The minimum Gasteiger partial charge on any atom is -0.497 e. The highest BCUT2D eigenvalue weighted by atomic mass is 35.5. The predicted octanol–water partition coefficient (Wildman–Crippen LogP) is 7.14. The van der Waals surface area contributed by atoms with Crippen molar-refractivity contribution < 1.29 is 19.1 Å². The largest absolute Gasteiger partial charge is 0.497 e. The topological polar surface area (TPSA) is 96.5 Å². The van der Waals surface area contributed by atoms with Crippen molar-refractivity contribution in [3.05, 3.63) is 124 Å². The van der Waals surface area contributed by atoms with Gasteiger partial charge < -0.3 is 20.7 Å². The molecule has 4 aromatic carbocycles. The van der Waals surface area contributed by atoms with E-state index in [4.69, 9.17) is 27.9 Å². The van der Waals surface area contributed by atoms with E-state index in [0.717, 1.165) is 4.90 Å². The maximum absolute atomic E-state index is 13.3. The molecule has 4 aromatic rings. The Morgan fingerprint density at radius 1 is 0.805 bits per heavy atom. The van der Waals surface area contributed by atoms with E-state index in [0.29, 0.717) is 33.3 Å². The molecule has 0 aliphatic carbocycles. The maximum Gasteiger partial charge on any atom is 0.272 e. The van der Waals surface area contributed by atoms with Crippen LogP contribution in [0.15, 0.2) is 108 Å². The van der Waals surface area contributed by atoms with E-state index in [2.05, 4.69) is 16.0 Å². The van der Waals surface area contributed by atoms with Crippen LogP contribution in [0, 0.1) is 0 Å². The summed E-state index contributed by atoms with van der Waals surface area (Å²) in [5.74, 6) is -0.245. The lowest BCUT2D eigenvalue weighted by Gasteiger charge is -2.12. The zero-order valence-corrected chi connectivity index (χ0v) is 24.1. The van der Waals surface area contributed by atoms with E-state index in [1.165, 1.54) is 17.8 Å². The molecule has 0 atom stereocenters. The van der Waals surface area contributed by atoms with Crippen molar-refractivity contribution in [1.82, 2.24) is 5.32 Å². The number of benzene rings is 4. The van der Waals surface area contributed by atoms with Crippen molar-refractivity contribution in [1.29, 1.82) is 0 Å². The van der Waals surface area contributed by atoms with Crippen molar-refractivity contribution in [2.45, 2.75) is 4.90 Å². The molecule has 7 nitrogen and oxygen atoms in total. The summed E-state index contributed by atoms with van der Waals surface area (Å²) >= 11 is 13.8. The highest BCUT2D eigenvalue weighted by Gasteiger charge is 2.16. The van der Waals surface area contributed by atoms with Gasteiger partial charge in [-0.2, -0.15) is 0 Å². The van der Waals surface area contributed by atoms with Gasteiger partial charge >= 0.3 is 0 Å². The van der Waals surface area contributed by atoms with Gasteiger partial charge in [0.05, 0.1) is 22.9 Å². The fraction of sp³-hybridized carbons (Fsp3) is 0.0645. The molecule has 0 radical (unpaired) electrons. The maximum atomic E-state index is 13.3. The quantitative estimate of drug-likeness (QED) is 0.132. The van der Waals surface area contributed by atoms with Crippen molar-refractivity contribution in [3.63, 3.8) is 0 Å². The minimum atomic E-state index is -0.551. The molecule has 0 heterocycles. The lowest BCUT2D eigenvalue weighted by Crippen LogP contribution is -2.30. The first-order valence-electron chi connectivity index (χ1n) is 12.3. The lowest BCUT2D eigenvalue weighted by molar-refractivity contribution is -0.114. The summed E-state index contributed by atoms with van der Waals surface area (Å²) in [6.07, 6.45) is 1.47. The van der Waals surface area contributed by atoms with Gasteiger partial charge in [0, 0.05) is 21.8 Å². The van der Waals surface area contributed by atoms with Crippen LogP contribution >= 0.6 is 35.0 Å². The number of anilines is 2. The van der Waals surface area contributed by atoms with E-state index in [1.807, 2.05) is 0 Å². The molecule has 3 N–H and O–H groups in total. The number of methoxy groups -OCH3 is 1. The van der Waals surface area contributed by atoms with Crippen molar-refractivity contribution in [3.8, 4) is 5.75 Å². The summed E-state index contributed by atoms with van der Waals surface area (Å²) < 4.78 is 5.12. The Labute approximate surface area is 251 Å². The second kappa shape index (κ2) is 14.4. The molecule has 0 spiro atoms. The molecule has 0 unspecified atom stereocenters.